The SMILES string of the molecule is O=C(CSc1nnc(-c2cccnc2)n1C1CC1)N[C@@H]1CCCc2ccccc21. The lowest BCUT2D eigenvalue weighted by molar-refractivity contribution is -0.119. The molecule has 2 aromatic heterocycles. The zero-order chi connectivity index (χ0) is 19.6. The molecule has 0 radical (unpaired) electrons. The van der Waals surface area contributed by atoms with E-state index in [1.54, 1.807) is 6.20 Å². The molecule has 6 nitrogen and oxygen atoms in total. The molecule has 1 saturated carbocycles. The Morgan fingerprint density at radius 1 is 1.14 bits per heavy atom. The molecule has 1 aromatic carbocycles. The Balaban J connectivity index is 1.28. The molecule has 1 fully saturated rings. The summed E-state index contributed by atoms with van der Waals surface area (Å²) in [7, 11) is 0. The van der Waals surface area contributed by atoms with E-state index in [9.17, 15) is 4.79 Å². The van der Waals surface area contributed by atoms with Gasteiger partial charge in [0.05, 0.1) is 11.8 Å². The predicted octanol–water partition coefficient (Wildman–Crippen LogP) is 3.96. The molecule has 2 heterocycles. The number of amides is 1. The van der Waals surface area contributed by atoms with Gasteiger partial charge < -0.3 is 5.32 Å². The molecule has 2 aliphatic carbocycles. The van der Waals surface area contributed by atoms with Crippen molar-refractivity contribution in [3.63, 3.8) is 0 Å². The predicted molar refractivity (Wildman–Crippen MR) is 113 cm³/mol. The quantitative estimate of drug-likeness (QED) is 0.629. The molecular weight excluding hydrogens is 382 g/mol. The zero-order valence-electron chi connectivity index (χ0n) is 16.1. The summed E-state index contributed by atoms with van der Waals surface area (Å²) in [6.07, 6.45) is 9.03. The fraction of sp³-hybridized carbons (Fsp3) is 0.364. The van der Waals surface area contributed by atoms with Gasteiger partial charge in [0.2, 0.25) is 5.91 Å². The normalized spacial score (nSPS) is 18.3. The molecule has 0 saturated heterocycles. The molecule has 0 bridgehead atoms. The van der Waals surface area contributed by atoms with E-state index in [1.807, 2.05) is 18.3 Å². The molecule has 1 atom stereocenters. The minimum absolute atomic E-state index is 0.0463. The largest absolute Gasteiger partial charge is 0.349 e. The lowest BCUT2D eigenvalue weighted by Crippen LogP contribution is -2.32. The average Bonchev–Trinajstić information content (AvgIpc) is 3.52. The molecule has 2 aliphatic rings. The maximum atomic E-state index is 12.7. The maximum absolute atomic E-state index is 12.7. The Morgan fingerprint density at radius 2 is 2.03 bits per heavy atom. The van der Waals surface area contributed by atoms with Crippen LogP contribution in [0.4, 0.5) is 0 Å². The molecule has 5 rings (SSSR count). The minimum Gasteiger partial charge on any atom is -0.349 e. The van der Waals surface area contributed by atoms with E-state index >= 15 is 0 Å². The smallest absolute Gasteiger partial charge is 0.230 e. The zero-order valence-corrected chi connectivity index (χ0v) is 16.9. The number of hydrogen-bond acceptors (Lipinski definition) is 5. The molecule has 7 heteroatoms. The third kappa shape index (κ3) is 3.92. The van der Waals surface area contributed by atoms with Crippen LogP contribution in [0.2, 0.25) is 0 Å². The Labute approximate surface area is 174 Å². The summed E-state index contributed by atoms with van der Waals surface area (Å²) < 4.78 is 2.17. The first-order valence-corrected chi connectivity index (χ1v) is 11.1. The average molecular weight is 406 g/mol. The van der Waals surface area contributed by atoms with Crippen LogP contribution in [0.5, 0.6) is 0 Å². The van der Waals surface area contributed by atoms with Gasteiger partial charge in [-0.2, -0.15) is 0 Å². The molecule has 148 valence electrons. The van der Waals surface area contributed by atoms with Crippen molar-refractivity contribution in [2.75, 3.05) is 5.75 Å². The molecule has 29 heavy (non-hydrogen) atoms. The third-order valence-electron chi connectivity index (χ3n) is 5.53. The van der Waals surface area contributed by atoms with Crippen molar-refractivity contribution in [2.45, 2.75) is 49.3 Å². The summed E-state index contributed by atoms with van der Waals surface area (Å²) >= 11 is 1.47. The van der Waals surface area contributed by atoms with Crippen molar-refractivity contribution in [1.82, 2.24) is 25.1 Å². The van der Waals surface area contributed by atoms with Crippen LogP contribution < -0.4 is 5.32 Å². The monoisotopic (exact) mass is 405 g/mol. The summed E-state index contributed by atoms with van der Waals surface area (Å²) in [5.74, 6) is 1.23. The fourth-order valence-electron chi connectivity index (χ4n) is 4.00. The molecule has 0 spiro atoms. The Hall–Kier alpha value is -2.67. The number of fused-ring (bicyclic) bond motifs is 1. The second kappa shape index (κ2) is 7.99. The Bertz CT molecular complexity index is 1020. The van der Waals surface area contributed by atoms with E-state index in [0.29, 0.717) is 11.8 Å². The first kappa shape index (κ1) is 18.4. The van der Waals surface area contributed by atoms with Crippen molar-refractivity contribution in [3.05, 3.63) is 59.9 Å². The van der Waals surface area contributed by atoms with Gasteiger partial charge in [0.1, 0.15) is 0 Å². The number of pyridine rings is 1. The Morgan fingerprint density at radius 3 is 2.86 bits per heavy atom. The van der Waals surface area contributed by atoms with Gasteiger partial charge in [0.15, 0.2) is 11.0 Å². The van der Waals surface area contributed by atoms with E-state index in [0.717, 1.165) is 48.6 Å². The number of benzene rings is 1. The number of nitrogens with zero attached hydrogens (tertiary/aromatic N) is 4. The number of aryl methyl sites for hydroxylation is 1. The number of thioether (sulfide) groups is 1. The second-order valence-electron chi connectivity index (χ2n) is 7.65. The highest BCUT2D eigenvalue weighted by atomic mass is 32.2. The lowest BCUT2D eigenvalue weighted by atomic mass is 9.88. The van der Waals surface area contributed by atoms with Crippen LogP contribution in [-0.2, 0) is 11.2 Å². The number of carbonyl (C=O) groups excluding carboxylic acids is 1. The van der Waals surface area contributed by atoms with E-state index < -0.39 is 0 Å². The van der Waals surface area contributed by atoms with Gasteiger partial charge in [-0.15, -0.1) is 10.2 Å². The third-order valence-corrected chi connectivity index (χ3v) is 6.48. The van der Waals surface area contributed by atoms with Gasteiger partial charge in [-0.3, -0.25) is 14.3 Å². The van der Waals surface area contributed by atoms with Gasteiger partial charge in [-0.25, -0.2) is 0 Å². The van der Waals surface area contributed by atoms with Gasteiger partial charge in [0, 0.05) is 24.0 Å². The van der Waals surface area contributed by atoms with E-state index in [1.165, 1.54) is 22.9 Å². The van der Waals surface area contributed by atoms with Gasteiger partial charge in [0.25, 0.3) is 0 Å². The molecule has 3 aromatic rings. The van der Waals surface area contributed by atoms with Gasteiger partial charge >= 0.3 is 0 Å². The lowest BCUT2D eigenvalue weighted by Gasteiger charge is -2.26. The van der Waals surface area contributed by atoms with Crippen LogP contribution in [0.15, 0.2) is 53.9 Å². The van der Waals surface area contributed by atoms with Crippen LogP contribution in [0.25, 0.3) is 11.4 Å². The summed E-state index contributed by atoms with van der Waals surface area (Å²) in [5, 5.41) is 12.8. The van der Waals surface area contributed by atoms with Crippen LogP contribution in [-0.4, -0.2) is 31.4 Å². The van der Waals surface area contributed by atoms with E-state index in [2.05, 4.69) is 49.3 Å². The highest BCUT2D eigenvalue weighted by Crippen LogP contribution is 2.41. The topological polar surface area (TPSA) is 72.7 Å². The van der Waals surface area contributed by atoms with Crippen molar-refractivity contribution < 1.29 is 4.79 Å². The van der Waals surface area contributed by atoms with Gasteiger partial charge in [-0.1, -0.05) is 36.0 Å². The van der Waals surface area contributed by atoms with E-state index in [4.69, 9.17) is 0 Å². The summed E-state index contributed by atoms with van der Waals surface area (Å²) in [4.78, 5) is 16.9. The Kier molecular flexibility index (Phi) is 5.06. The van der Waals surface area contributed by atoms with E-state index in [-0.39, 0.29) is 11.9 Å². The highest BCUT2D eigenvalue weighted by Gasteiger charge is 2.30. The van der Waals surface area contributed by atoms with Gasteiger partial charge in [-0.05, 0) is 55.4 Å². The molecule has 1 N–H and O–H groups in total. The van der Waals surface area contributed by atoms with Crippen molar-refractivity contribution in [1.29, 1.82) is 0 Å². The molecule has 1 amide bonds. The first-order chi connectivity index (χ1) is 14.3. The summed E-state index contributed by atoms with van der Waals surface area (Å²) in [6, 6.07) is 12.9. The summed E-state index contributed by atoms with van der Waals surface area (Å²) in [6.45, 7) is 0. The number of rotatable bonds is 6. The second-order valence-corrected chi connectivity index (χ2v) is 8.59. The molecule has 0 unspecified atom stereocenters. The molecule has 0 aliphatic heterocycles. The van der Waals surface area contributed by atoms with Crippen LogP contribution >= 0.6 is 11.8 Å². The van der Waals surface area contributed by atoms with Crippen molar-refractivity contribution in [2.24, 2.45) is 0 Å². The number of hydrogen-bond donors (Lipinski definition) is 1. The maximum Gasteiger partial charge on any atom is 0.230 e. The van der Waals surface area contributed by atoms with Crippen LogP contribution in [0.1, 0.15) is 48.9 Å². The van der Waals surface area contributed by atoms with Crippen molar-refractivity contribution >= 4 is 17.7 Å². The highest BCUT2D eigenvalue weighted by molar-refractivity contribution is 7.99. The first-order valence-electron chi connectivity index (χ1n) is 10.1. The van der Waals surface area contributed by atoms with Crippen LogP contribution in [0, 0.1) is 0 Å². The summed E-state index contributed by atoms with van der Waals surface area (Å²) in [5.41, 5.74) is 3.57. The number of aromatic nitrogens is 4. The number of carbonyl (C=O) groups is 1. The number of nitrogens with one attached hydrogen (secondary N) is 1. The minimum atomic E-state index is 0.0463. The standard InChI is InChI=1S/C22H23N5OS/c28-20(24-19-9-3-6-15-5-1-2-8-18(15)19)14-29-22-26-25-21(27(22)17-10-11-17)16-7-4-12-23-13-16/h1-2,4-5,7-8,12-13,17,19H,3,6,9-11,14H2,(H,24,28)/t19-/m1/s1. The van der Waals surface area contributed by atoms with Crippen LogP contribution in [0.3, 0.4) is 0 Å². The van der Waals surface area contributed by atoms with Crippen molar-refractivity contribution in [3.8, 4) is 11.4 Å². The fourth-order valence-corrected chi connectivity index (χ4v) is 4.82. The molecular formula is C22H23N5OS.